The van der Waals surface area contributed by atoms with Crippen molar-refractivity contribution in [3.8, 4) is 0 Å². The molecule has 0 unspecified atom stereocenters. The summed E-state index contributed by atoms with van der Waals surface area (Å²) in [5, 5.41) is 6.96. The Balaban J connectivity index is 2.95. The lowest BCUT2D eigenvalue weighted by Crippen LogP contribution is -2.33. The number of nitrogens with one attached hydrogen (secondary N) is 2. The number of rotatable bonds is 10. The van der Waals surface area contributed by atoms with E-state index in [1.807, 2.05) is 19.0 Å². The second kappa shape index (κ2) is 10.8. The topological polar surface area (TPSA) is 64.7 Å². The van der Waals surface area contributed by atoms with Crippen LogP contribution in [0.4, 0.5) is 11.4 Å². The van der Waals surface area contributed by atoms with E-state index in [-0.39, 0.29) is 4.90 Å². The smallest absolute Gasteiger partial charge is 0.242 e. The predicted molar refractivity (Wildman–Crippen MR) is 119 cm³/mol. The molecule has 1 rings (SSSR count). The summed E-state index contributed by atoms with van der Waals surface area (Å²) >= 11 is 5.45. The van der Waals surface area contributed by atoms with Crippen molar-refractivity contribution in [2.45, 2.75) is 44.4 Å². The van der Waals surface area contributed by atoms with Gasteiger partial charge in [0, 0.05) is 34.7 Å². The average Bonchev–Trinajstić information content (AvgIpc) is 2.61. The maximum absolute atomic E-state index is 12.4. The van der Waals surface area contributed by atoms with E-state index in [1.54, 1.807) is 18.2 Å². The first kappa shape index (κ1) is 23.7. The van der Waals surface area contributed by atoms with Crippen molar-refractivity contribution < 1.29 is 8.42 Å². The Hall–Kier alpha value is -1.38. The molecule has 154 valence electrons. The summed E-state index contributed by atoms with van der Waals surface area (Å²) < 4.78 is 26.1. The van der Waals surface area contributed by atoms with E-state index in [1.165, 1.54) is 37.7 Å². The van der Waals surface area contributed by atoms with Gasteiger partial charge in [-0.3, -0.25) is 0 Å². The molecule has 0 amide bonds. The number of hydrogen-bond acceptors (Lipinski definition) is 4. The fraction of sp³-hybridized carbons (Fsp3) is 0.632. The van der Waals surface area contributed by atoms with Gasteiger partial charge in [0.05, 0.1) is 16.3 Å². The van der Waals surface area contributed by atoms with E-state index >= 15 is 0 Å². The molecule has 0 aliphatic carbocycles. The van der Waals surface area contributed by atoms with E-state index in [2.05, 4.69) is 24.5 Å². The molecule has 2 N–H and O–H groups in total. The first-order chi connectivity index (χ1) is 12.6. The fourth-order valence-electron chi connectivity index (χ4n) is 2.72. The Bertz CT molecular complexity index is 718. The van der Waals surface area contributed by atoms with E-state index in [9.17, 15) is 8.42 Å². The second-order valence-corrected chi connectivity index (χ2v) is 9.67. The molecule has 0 spiro atoms. The zero-order chi connectivity index (χ0) is 20.6. The monoisotopic (exact) mass is 414 g/mol. The molecule has 8 heteroatoms. The fourth-order valence-corrected chi connectivity index (χ4v) is 3.85. The van der Waals surface area contributed by atoms with Gasteiger partial charge in [0.25, 0.3) is 0 Å². The molecule has 1 aromatic carbocycles. The second-order valence-electron chi connectivity index (χ2n) is 7.11. The van der Waals surface area contributed by atoms with Crippen molar-refractivity contribution in [2.75, 3.05) is 45.0 Å². The third kappa shape index (κ3) is 6.93. The van der Waals surface area contributed by atoms with Crippen molar-refractivity contribution in [3.05, 3.63) is 18.2 Å². The number of sulfonamides is 1. The summed E-state index contributed by atoms with van der Waals surface area (Å²) in [6.07, 6.45) is 4.70. The highest BCUT2D eigenvalue weighted by molar-refractivity contribution is 7.89. The van der Waals surface area contributed by atoms with Crippen molar-refractivity contribution >= 4 is 38.7 Å². The van der Waals surface area contributed by atoms with Crippen molar-refractivity contribution in [3.63, 3.8) is 0 Å². The first-order valence-corrected chi connectivity index (χ1v) is 11.3. The summed E-state index contributed by atoms with van der Waals surface area (Å²) in [7, 11) is 3.36. The molecule has 0 bridgehead atoms. The molecule has 1 atom stereocenters. The lowest BCUT2D eigenvalue weighted by atomic mass is 9.99. The lowest BCUT2D eigenvalue weighted by molar-refractivity contribution is 0.446. The van der Waals surface area contributed by atoms with E-state index < -0.39 is 10.0 Å². The van der Waals surface area contributed by atoms with Crippen LogP contribution in [0.25, 0.3) is 0 Å². The van der Waals surface area contributed by atoms with Gasteiger partial charge in [-0.05, 0) is 42.8 Å². The third-order valence-electron chi connectivity index (χ3n) is 4.57. The summed E-state index contributed by atoms with van der Waals surface area (Å²) in [6.45, 7) is 5.21. The van der Waals surface area contributed by atoms with E-state index in [4.69, 9.17) is 12.2 Å². The Labute approximate surface area is 170 Å². The van der Waals surface area contributed by atoms with Crippen LogP contribution in [-0.2, 0) is 10.0 Å². The van der Waals surface area contributed by atoms with Crippen molar-refractivity contribution in [2.24, 2.45) is 5.92 Å². The molecule has 0 saturated carbocycles. The van der Waals surface area contributed by atoms with Crippen LogP contribution in [0.1, 0.15) is 39.5 Å². The van der Waals surface area contributed by atoms with Gasteiger partial charge in [-0.1, -0.05) is 33.1 Å². The molecular weight excluding hydrogens is 380 g/mol. The number of hydrogen-bond donors (Lipinski definition) is 2. The summed E-state index contributed by atoms with van der Waals surface area (Å²) in [4.78, 5) is 2.16. The summed E-state index contributed by atoms with van der Waals surface area (Å²) in [5.41, 5.74) is 1.54. The minimum Gasteiger partial charge on any atom is -0.376 e. The molecule has 1 aromatic rings. The van der Waals surface area contributed by atoms with Gasteiger partial charge >= 0.3 is 0 Å². The third-order valence-corrected chi connectivity index (χ3v) is 6.63. The Morgan fingerprint density at radius 2 is 1.85 bits per heavy atom. The highest BCUT2D eigenvalue weighted by Gasteiger charge is 2.19. The van der Waals surface area contributed by atoms with Crippen LogP contribution < -0.4 is 15.5 Å². The van der Waals surface area contributed by atoms with Gasteiger partial charge in [-0.25, -0.2) is 12.7 Å². The van der Waals surface area contributed by atoms with Gasteiger partial charge in [0.1, 0.15) is 0 Å². The van der Waals surface area contributed by atoms with Crippen LogP contribution in [0, 0.1) is 5.92 Å². The molecular formula is C19H34N4O2S2. The number of unbranched alkanes of at least 4 members (excludes halogenated alkanes) is 1. The minimum absolute atomic E-state index is 0.234. The molecule has 0 aromatic heterocycles. The Morgan fingerprint density at radius 3 is 2.37 bits per heavy atom. The standard InChI is InChI=1S/C19H34N4O2S2/c1-7-9-10-15(8-2)14-20-19(26)21-17-13-16(27(24,25)23(5)6)11-12-18(17)22(3)4/h11-13,15H,7-10,14H2,1-6H3,(H2,20,21,26)/t15-/m1/s1. The normalized spacial score (nSPS) is 12.7. The van der Waals surface area contributed by atoms with Gasteiger partial charge in [0.2, 0.25) is 10.0 Å². The molecule has 27 heavy (non-hydrogen) atoms. The van der Waals surface area contributed by atoms with Gasteiger partial charge < -0.3 is 15.5 Å². The Kier molecular flexibility index (Phi) is 9.49. The van der Waals surface area contributed by atoms with Crippen molar-refractivity contribution in [1.82, 2.24) is 9.62 Å². The van der Waals surface area contributed by atoms with Crippen LogP contribution in [0.15, 0.2) is 23.1 Å². The molecule has 6 nitrogen and oxygen atoms in total. The molecule has 0 aliphatic heterocycles. The molecule has 0 aliphatic rings. The van der Waals surface area contributed by atoms with Crippen LogP contribution in [0.2, 0.25) is 0 Å². The van der Waals surface area contributed by atoms with Crippen LogP contribution in [-0.4, -0.2) is 52.6 Å². The highest BCUT2D eigenvalue weighted by atomic mass is 32.2. The van der Waals surface area contributed by atoms with Crippen molar-refractivity contribution in [1.29, 1.82) is 0 Å². The lowest BCUT2D eigenvalue weighted by Gasteiger charge is -2.22. The van der Waals surface area contributed by atoms with Crippen LogP contribution in [0.5, 0.6) is 0 Å². The van der Waals surface area contributed by atoms with Gasteiger partial charge in [-0.2, -0.15) is 0 Å². The molecule has 0 heterocycles. The van der Waals surface area contributed by atoms with Crippen LogP contribution in [0.3, 0.4) is 0 Å². The maximum Gasteiger partial charge on any atom is 0.242 e. The number of anilines is 2. The molecule has 0 saturated heterocycles. The minimum atomic E-state index is -3.51. The average molecular weight is 415 g/mol. The first-order valence-electron chi connectivity index (χ1n) is 9.42. The zero-order valence-corrected chi connectivity index (χ0v) is 19.0. The number of benzene rings is 1. The number of thiocarbonyl (C=S) groups is 1. The van der Waals surface area contributed by atoms with Gasteiger partial charge in [-0.15, -0.1) is 0 Å². The number of nitrogens with zero attached hydrogens (tertiary/aromatic N) is 2. The quantitative estimate of drug-likeness (QED) is 0.571. The summed E-state index contributed by atoms with van der Waals surface area (Å²) in [5.74, 6) is 0.582. The van der Waals surface area contributed by atoms with Crippen LogP contribution >= 0.6 is 12.2 Å². The molecule has 0 fully saturated rings. The van der Waals surface area contributed by atoms with E-state index in [0.29, 0.717) is 16.7 Å². The van der Waals surface area contributed by atoms with Gasteiger partial charge in [0.15, 0.2) is 5.11 Å². The Morgan fingerprint density at radius 1 is 1.19 bits per heavy atom. The maximum atomic E-state index is 12.4. The highest BCUT2D eigenvalue weighted by Crippen LogP contribution is 2.28. The molecule has 0 radical (unpaired) electrons. The summed E-state index contributed by atoms with van der Waals surface area (Å²) in [6, 6.07) is 5.04. The van der Waals surface area contributed by atoms with E-state index in [0.717, 1.165) is 18.7 Å². The largest absolute Gasteiger partial charge is 0.376 e. The zero-order valence-electron chi connectivity index (χ0n) is 17.4. The SMILES string of the molecule is CCCC[C@@H](CC)CNC(=S)Nc1cc(S(=O)(=O)N(C)C)ccc1N(C)C. The predicted octanol–water partition coefficient (Wildman–Crippen LogP) is 3.51.